The molecule has 0 aliphatic rings. The molecule has 0 aliphatic heterocycles. The molecule has 13 aromatic carbocycles. The highest BCUT2D eigenvalue weighted by Gasteiger charge is 2.25. The van der Waals surface area contributed by atoms with Gasteiger partial charge >= 0.3 is 0 Å². The molecule has 24 rings (SSSR count). The summed E-state index contributed by atoms with van der Waals surface area (Å²) in [5.74, 6) is 5.02. The number of rotatable bonds is 11. The van der Waals surface area contributed by atoms with Crippen LogP contribution < -0.4 is 0 Å². The van der Waals surface area contributed by atoms with Crippen LogP contribution in [0.25, 0.3) is 255 Å². The average Bonchev–Trinajstić information content (AvgIpc) is 0.743. The Morgan fingerprint density at radius 1 is 0.150 bits per heavy atom. The monoisotopic (exact) mass is 1540 g/mol. The van der Waals surface area contributed by atoms with Crippen molar-refractivity contribution in [1.82, 2.24) is 105 Å². The Hall–Kier alpha value is -17.1. The summed E-state index contributed by atoms with van der Waals surface area (Å²) in [5, 5.41) is 17.4. The van der Waals surface area contributed by atoms with Crippen LogP contribution in [0.15, 0.2) is 323 Å². The summed E-state index contributed by atoms with van der Waals surface area (Å²) in [6.07, 6.45) is 15.0. The number of pyridine rings is 6. The normalized spacial score (nSPS) is 11.8. The first-order chi connectivity index (χ1) is 59.4. The molecule has 21 heteroatoms. The van der Waals surface area contributed by atoms with Gasteiger partial charge in [-0.2, -0.15) is 0 Å². The van der Waals surface area contributed by atoms with Gasteiger partial charge in [0.15, 0.2) is 58.2 Å². The van der Waals surface area contributed by atoms with Gasteiger partial charge in [0.1, 0.15) is 37.3 Å². The molecule has 0 N–H and O–H groups in total. The molecule has 120 heavy (non-hydrogen) atoms. The number of benzene rings is 13. The van der Waals surface area contributed by atoms with Crippen LogP contribution in [-0.4, -0.2) is 105 Å². The second-order valence-corrected chi connectivity index (χ2v) is 29.3. The van der Waals surface area contributed by atoms with E-state index in [4.69, 9.17) is 94.7 Å². The zero-order chi connectivity index (χ0) is 78.9. The molecule has 0 amide bonds. The first-order valence-corrected chi connectivity index (χ1v) is 38.8. The molecule has 11 aromatic heterocycles. The molecule has 0 spiro atoms. The highest BCUT2D eigenvalue weighted by Crippen LogP contribution is 2.45. The molecule has 0 atom stereocenters. The minimum Gasteiger partial charge on any atom is -0.254 e. The molecule has 0 aliphatic carbocycles. The van der Waals surface area contributed by atoms with Gasteiger partial charge < -0.3 is 0 Å². The van der Waals surface area contributed by atoms with Crippen molar-refractivity contribution >= 4 is 130 Å². The summed E-state index contributed by atoms with van der Waals surface area (Å²) in [5.41, 5.74) is 14.1. The van der Waals surface area contributed by atoms with E-state index in [0.29, 0.717) is 75.1 Å². The minimum atomic E-state index is 0.427. The molecular formula is C99H53N21. The molecule has 0 fully saturated rings. The van der Waals surface area contributed by atoms with Gasteiger partial charge in [-0.15, -0.1) is 0 Å². The van der Waals surface area contributed by atoms with Crippen LogP contribution >= 0.6 is 0 Å². The summed E-state index contributed by atoms with van der Waals surface area (Å²) >= 11 is 0. The van der Waals surface area contributed by atoms with E-state index < -0.39 is 0 Å². The Balaban J connectivity index is 0.587. The second kappa shape index (κ2) is 27.3. The van der Waals surface area contributed by atoms with Crippen LogP contribution in [0.2, 0.25) is 0 Å². The van der Waals surface area contributed by atoms with Crippen molar-refractivity contribution in [3.05, 3.63) is 323 Å². The molecule has 24 aromatic rings. The van der Waals surface area contributed by atoms with Gasteiger partial charge in [0.2, 0.25) is 0 Å². The van der Waals surface area contributed by atoms with Crippen LogP contribution in [0, 0.1) is 0 Å². The van der Waals surface area contributed by atoms with E-state index >= 15 is 0 Å². The van der Waals surface area contributed by atoms with Gasteiger partial charge in [-0.05, 0) is 156 Å². The summed E-state index contributed by atoms with van der Waals surface area (Å²) < 4.78 is 0. The van der Waals surface area contributed by atoms with Crippen LogP contribution in [0.1, 0.15) is 0 Å². The summed E-state index contributed by atoms with van der Waals surface area (Å²) in [4.78, 5) is 104. The molecule has 21 nitrogen and oxygen atoms in total. The van der Waals surface area contributed by atoms with E-state index in [1.165, 1.54) is 0 Å². The van der Waals surface area contributed by atoms with Gasteiger partial charge in [0.25, 0.3) is 0 Å². The minimum absolute atomic E-state index is 0.427. The molecule has 0 saturated heterocycles. The average molecular weight is 1540 g/mol. The SMILES string of the molecule is c1ccc(-c2ncnc(-c3ccc4c(-c5ncnc(-c6cccc(-c7ccc8c(-c9ncnc(-c%10ccc%11ccc%12cc(-c%13ncnc(-c%14cc%15cccnc%15c%15ncccc%14%15)n%13)c%13ccccc%13c%12c%11c%10)n9)cc9cccnc9c8n7)c6)n5)cc5cc(-c6ncnc(-c7ccc8ccc9cccnc9c8n7)n6)c6ccccc6c5c4c3)n2)cc1. The third-order valence-corrected chi connectivity index (χ3v) is 22.5. The van der Waals surface area contributed by atoms with Crippen molar-refractivity contribution < 1.29 is 0 Å². The molecule has 554 valence electrons. The van der Waals surface area contributed by atoms with Gasteiger partial charge in [-0.3, -0.25) is 19.9 Å². The fourth-order valence-corrected chi connectivity index (χ4v) is 17.0. The van der Waals surface area contributed by atoms with Crippen molar-refractivity contribution in [3.8, 4) is 125 Å². The van der Waals surface area contributed by atoms with Gasteiger partial charge in [0, 0.05) is 113 Å². The van der Waals surface area contributed by atoms with Gasteiger partial charge in [-0.1, -0.05) is 176 Å². The number of aromatic nitrogens is 21. The molecule has 0 radical (unpaired) electrons. The highest BCUT2D eigenvalue weighted by atomic mass is 15.0. The van der Waals surface area contributed by atoms with Crippen LogP contribution in [0.5, 0.6) is 0 Å². The predicted octanol–water partition coefficient (Wildman–Crippen LogP) is 21.2. The van der Waals surface area contributed by atoms with Crippen molar-refractivity contribution in [2.45, 2.75) is 0 Å². The van der Waals surface area contributed by atoms with Crippen molar-refractivity contribution in [3.63, 3.8) is 0 Å². The topological polar surface area (TPSA) is 271 Å². The van der Waals surface area contributed by atoms with Gasteiger partial charge in [0.05, 0.1) is 38.8 Å². The molecular weight excluding hydrogens is 1480 g/mol. The Kier molecular flexibility index (Phi) is 15.4. The number of fused-ring (bicyclic) bond motifs is 19. The zero-order valence-corrected chi connectivity index (χ0v) is 63.0. The van der Waals surface area contributed by atoms with Crippen LogP contribution in [0.3, 0.4) is 0 Å². The first-order valence-electron chi connectivity index (χ1n) is 38.8. The Bertz CT molecular complexity index is 8490. The largest absolute Gasteiger partial charge is 0.254 e. The quantitative estimate of drug-likeness (QED) is 0.109. The van der Waals surface area contributed by atoms with E-state index in [9.17, 15) is 0 Å². The summed E-state index contributed by atoms with van der Waals surface area (Å²) in [6, 6.07) is 90.5. The highest BCUT2D eigenvalue weighted by molar-refractivity contribution is 6.27. The van der Waals surface area contributed by atoms with Crippen molar-refractivity contribution in [2.24, 2.45) is 0 Å². The standard InChI is InChI=1S/C99H53N21/c1-2-13-57(14-3-1)90-104-49-105-92(116-90)64-31-33-68-74(46-64)83-65(47-76(67-21-5-7-23-70(67)83)96-112-53-113-99(120-96)81-35-32-56-28-27-55-17-9-37-100-84(55)87(56)115-81)48-77(68)94-108-50-106-91(117-94)62-16-8-15-58(41-62)80-36-34-72-79(44-61-19-11-39-102-86(61)89(72)114-80)97-109-51-107-93(118-97)63-30-26-54-25-29-59-42-75(66-20-4-6-22-69(66)82(59)73(54)45-63)95-110-52-111-98(119-95)78-43-60-18-10-38-101-85(60)88-71(78)24-12-40-103-88/h1-53H. The zero-order valence-electron chi connectivity index (χ0n) is 63.0. The smallest absolute Gasteiger partial charge is 0.181 e. The van der Waals surface area contributed by atoms with E-state index in [1.54, 1.807) is 56.4 Å². The lowest BCUT2D eigenvalue weighted by Crippen LogP contribution is -1.99. The Morgan fingerprint density at radius 3 is 1.16 bits per heavy atom. The maximum atomic E-state index is 5.46. The Labute approximate surface area is 679 Å². The van der Waals surface area contributed by atoms with E-state index in [2.05, 4.69) is 149 Å². The van der Waals surface area contributed by atoms with Gasteiger partial charge in [-0.25, -0.2) is 84.7 Å². The predicted molar refractivity (Wildman–Crippen MR) is 470 cm³/mol. The fourth-order valence-electron chi connectivity index (χ4n) is 17.0. The fraction of sp³-hybridized carbons (Fsp3) is 0. The Morgan fingerprint density at radius 2 is 0.517 bits per heavy atom. The van der Waals surface area contributed by atoms with Crippen molar-refractivity contribution in [1.29, 1.82) is 0 Å². The first kappa shape index (κ1) is 67.4. The lowest BCUT2D eigenvalue weighted by atomic mass is 9.89. The number of hydrogen-bond acceptors (Lipinski definition) is 21. The summed E-state index contributed by atoms with van der Waals surface area (Å²) in [6.45, 7) is 0. The maximum absolute atomic E-state index is 5.46. The lowest BCUT2D eigenvalue weighted by Gasteiger charge is -2.16. The summed E-state index contributed by atoms with van der Waals surface area (Å²) in [7, 11) is 0. The van der Waals surface area contributed by atoms with Crippen LogP contribution in [-0.2, 0) is 0 Å². The van der Waals surface area contributed by atoms with Crippen LogP contribution in [0.4, 0.5) is 0 Å². The molecule has 11 heterocycles. The number of hydrogen-bond donors (Lipinski definition) is 0. The third-order valence-electron chi connectivity index (χ3n) is 22.5. The third kappa shape index (κ3) is 11.3. The molecule has 0 saturated carbocycles. The van der Waals surface area contributed by atoms with E-state index in [0.717, 1.165) is 180 Å². The lowest BCUT2D eigenvalue weighted by molar-refractivity contribution is 1.06. The molecule has 0 unspecified atom stereocenters. The molecule has 0 bridgehead atoms. The van der Waals surface area contributed by atoms with E-state index in [-0.39, 0.29) is 0 Å². The number of nitrogens with zero attached hydrogens (tertiary/aromatic N) is 21. The maximum Gasteiger partial charge on any atom is 0.181 e. The van der Waals surface area contributed by atoms with E-state index in [1.807, 2.05) is 127 Å². The second-order valence-electron chi connectivity index (χ2n) is 29.3. The van der Waals surface area contributed by atoms with Crippen molar-refractivity contribution in [2.75, 3.05) is 0 Å².